The predicted molar refractivity (Wildman–Crippen MR) is 187 cm³/mol. The van der Waals surface area contributed by atoms with Gasteiger partial charge >= 0.3 is 23.9 Å². The van der Waals surface area contributed by atoms with Gasteiger partial charge in [0.2, 0.25) is 5.91 Å². The number of piperazine rings is 1. The van der Waals surface area contributed by atoms with Crippen LogP contribution in [0, 0.1) is 0 Å². The Kier molecular flexibility index (Phi) is 15.0. The largest absolute Gasteiger partial charge is 0.473 e. The van der Waals surface area contributed by atoms with E-state index in [4.69, 9.17) is 44.6 Å². The molecule has 1 amide bonds. The molecule has 0 radical (unpaired) electrons. The van der Waals surface area contributed by atoms with Crippen molar-refractivity contribution >= 4 is 46.4 Å². The zero-order valence-corrected chi connectivity index (χ0v) is 28.0. The molecule has 50 heavy (non-hydrogen) atoms. The van der Waals surface area contributed by atoms with Crippen LogP contribution >= 0.6 is 0 Å². The van der Waals surface area contributed by atoms with E-state index >= 15 is 0 Å². The summed E-state index contributed by atoms with van der Waals surface area (Å²) in [6, 6.07) is 29.8. The summed E-state index contributed by atoms with van der Waals surface area (Å²) in [5.41, 5.74) is 6.78. The number of carbonyl (C=O) groups is 5. The van der Waals surface area contributed by atoms with Gasteiger partial charge in [-0.25, -0.2) is 19.2 Å². The number of carbonyl (C=O) groups excluding carboxylic acids is 1. The van der Waals surface area contributed by atoms with Crippen molar-refractivity contribution in [2.24, 2.45) is 0 Å². The van der Waals surface area contributed by atoms with Gasteiger partial charge in [-0.1, -0.05) is 99.1 Å². The number of anilines is 1. The zero-order valence-electron chi connectivity index (χ0n) is 28.0. The van der Waals surface area contributed by atoms with Crippen molar-refractivity contribution in [2.45, 2.75) is 39.2 Å². The van der Waals surface area contributed by atoms with Gasteiger partial charge in [-0.05, 0) is 35.6 Å². The number of aliphatic carboxylic acids is 4. The summed E-state index contributed by atoms with van der Waals surface area (Å²) in [5.74, 6) is -7.25. The molecule has 0 atom stereocenters. The Hall–Kier alpha value is -5.66. The quantitative estimate of drug-likeness (QED) is 0.156. The highest BCUT2D eigenvalue weighted by molar-refractivity contribution is 6.27. The molecule has 1 fully saturated rings. The Morgan fingerprint density at radius 1 is 0.700 bits per heavy atom. The zero-order chi connectivity index (χ0) is 36.6. The third-order valence-electron chi connectivity index (χ3n) is 7.92. The van der Waals surface area contributed by atoms with Gasteiger partial charge in [0, 0.05) is 37.3 Å². The van der Waals surface area contributed by atoms with E-state index in [1.807, 2.05) is 18.2 Å². The molecule has 1 aliphatic rings. The minimum atomic E-state index is -1.82. The highest BCUT2D eigenvalue weighted by atomic mass is 16.4. The molecule has 5 rings (SSSR count). The van der Waals surface area contributed by atoms with Crippen molar-refractivity contribution in [2.75, 3.05) is 38.0 Å². The monoisotopic (exact) mass is 686 g/mol. The fourth-order valence-electron chi connectivity index (χ4n) is 5.72. The summed E-state index contributed by atoms with van der Waals surface area (Å²) in [6.07, 6.45) is 2.80. The van der Waals surface area contributed by atoms with Gasteiger partial charge in [0.25, 0.3) is 0 Å². The molecule has 0 aliphatic carbocycles. The smallest absolute Gasteiger partial charge is 0.414 e. The molecule has 1 aliphatic heterocycles. The Morgan fingerprint density at radius 3 is 1.64 bits per heavy atom. The van der Waals surface area contributed by atoms with Crippen LogP contribution in [0.5, 0.6) is 0 Å². The number of para-hydroxylation sites is 1. The van der Waals surface area contributed by atoms with Gasteiger partial charge in [0.1, 0.15) is 0 Å². The average Bonchev–Trinajstić information content (AvgIpc) is 3.11. The molecule has 0 unspecified atom stereocenters. The maximum Gasteiger partial charge on any atom is 0.414 e. The van der Waals surface area contributed by atoms with Crippen LogP contribution in [-0.2, 0) is 36.8 Å². The average molecular weight is 687 g/mol. The van der Waals surface area contributed by atoms with Gasteiger partial charge in [0.15, 0.2) is 0 Å². The number of benzene rings is 3. The predicted octanol–water partition coefficient (Wildman–Crippen LogP) is 4.41. The molecule has 0 saturated carbocycles. The van der Waals surface area contributed by atoms with Crippen LogP contribution in [-0.4, -0.2) is 97.7 Å². The lowest BCUT2D eigenvalue weighted by molar-refractivity contribution is -0.159. The van der Waals surface area contributed by atoms with Crippen molar-refractivity contribution in [3.05, 3.63) is 107 Å². The lowest BCUT2D eigenvalue weighted by atomic mass is 9.96. The van der Waals surface area contributed by atoms with Gasteiger partial charge in [-0.15, -0.1) is 0 Å². The summed E-state index contributed by atoms with van der Waals surface area (Å²) in [5, 5.41) is 33.9. The second kappa shape index (κ2) is 19.4. The second-order valence-corrected chi connectivity index (χ2v) is 11.3. The van der Waals surface area contributed by atoms with Gasteiger partial charge in [-0.2, -0.15) is 0 Å². The first-order valence-corrected chi connectivity index (χ1v) is 16.2. The molecule has 1 aromatic heterocycles. The topological polar surface area (TPSA) is 198 Å². The van der Waals surface area contributed by atoms with E-state index in [-0.39, 0.29) is 11.9 Å². The summed E-state index contributed by atoms with van der Waals surface area (Å²) >= 11 is 0. The van der Waals surface area contributed by atoms with Crippen LogP contribution in [0.15, 0.2) is 84.9 Å². The number of carboxylic acid groups (broad SMARTS) is 4. The maximum atomic E-state index is 13.3. The van der Waals surface area contributed by atoms with E-state index < -0.39 is 23.9 Å². The Balaban J connectivity index is 0.000000485. The second-order valence-electron chi connectivity index (χ2n) is 11.3. The van der Waals surface area contributed by atoms with E-state index in [9.17, 15) is 4.79 Å². The number of fused-ring (bicyclic) bond motifs is 1. The minimum Gasteiger partial charge on any atom is -0.473 e. The van der Waals surface area contributed by atoms with Crippen molar-refractivity contribution < 1.29 is 44.4 Å². The number of aryl methyl sites for hydroxylation is 1. The first-order chi connectivity index (χ1) is 24.0. The Bertz CT molecular complexity index is 1670. The molecule has 4 aromatic rings. The van der Waals surface area contributed by atoms with E-state index in [0.717, 1.165) is 73.3 Å². The molecule has 2 heterocycles. The van der Waals surface area contributed by atoms with Crippen LogP contribution < -0.4 is 5.32 Å². The lowest BCUT2D eigenvalue weighted by Gasteiger charge is -2.39. The number of amides is 1. The maximum absolute atomic E-state index is 13.3. The normalized spacial score (nSPS) is 12.9. The van der Waals surface area contributed by atoms with E-state index in [2.05, 4.69) is 95.7 Å². The molecule has 0 bridgehead atoms. The number of rotatable bonds is 9. The standard InChI is InChI=1S/C33H38N4O.2C2H2O4/c1-3-13-29-27(4-2)32(28-18-11-12-19-30(28)34-29)35-31(38)24-36-20-22-37(23-21-36)33(25-14-7-5-8-15-25)26-16-9-6-10-17-26;2*3-1(4)2(5)6/h5-12,14-19,33H,3-4,13,20-24H2,1-2H3,(H,34,35,38);2*(H,3,4)(H,5,6). The molecule has 264 valence electrons. The third-order valence-corrected chi connectivity index (χ3v) is 7.92. The summed E-state index contributed by atoms with van der Waals surface area (Å²) in [4.78, 5) is 59.5. The van der Waals surface area contributed by atoms with Crippen molar-refractivity contribution in [1.82, 2.24) is 14.8 Å². The number of nitrogens with zero attached hydrogens (tertiary/aromatic N) is 3. The first kappa shape index (κ1) is 38.8. The molecular weight excluding hydrogens is 644 g/mol. The highest BCUT2D eigenvalue weighted by Gasteiger charge is 2.27. The number of pyridine rings is 1. The molecule has 3 aromatic carbocycles. The molecule has 1 saturated heterocycles. The van der Waals surface area contributed by atoms with Crippen molar-refractivity contribution in [1.29, 1.82) is 0 Å². The van der Waals surface area contributed by atoms with Crippen LogP contribution in [0.1, 0.15) is 48.7 Å². The summed E-state index contributed by atoms with van der Waals surface area (Å²) in [7, 11) is 0. The number of hydrogen-bond donors (Lipinski definition) is 5. The van der Waals surface area contributed by atoms with Crippen molar-refractivity contribution in [3.8, 4) is 0 Å². The summed E-state index contributed by atoms with van der Waals surface area (Å²) in [6.45, 7) is 8.29. The Labute approximate surface area is 289 Å². The molecule has 13 heteroatoms. The van der Waals surface area contributed by atoms with E-state index in [0.29, 0.717) is 6.54 Å². The number of aromatic nitrogens is 1. The fourth-order valence-corrected chi connectivity index (χ4v) is 5.72. The first-order valence-electron chi connectivity index (χ1n) is 16.2. The van der Waals surface area contributed by atoms with Gasteiger partial charge in [0.05, 0.1) is 23.8 Å². The lowest BCUT2D eigenvalue weighted by Crippen LogP contribution is -2.49. The highest BCUT2D eigenvalue weighted by Crippen LogP contribution is 2.31. The van der Waals surface area contributed by atoms with Gasteiger partial charge in [-0.3, -0.25) is 19.6 Å². The van der Waals surface area contributed by atoms with Gasteiger partial charge < -0.3 is 25.7 Å². The molecule has 0 spiro atoms. The number of nitrogens with one attached hydrogen (secondary N) is 1. The third kappa shape index (κ3) is 11.2. The molecule has 13 nitrogen and oxygen atoms in total. The fraction of sp³-hybridized carbons (Fsp3) is 0.297. The number of carboxylic acids is 4. The molecule has 5 N–H and O–H groups in total. The van der Waals surface area contributed by atoms with Crippen molar-refractivity contribution in [3.63, 3.8) is 0 Å². The number of hydrogen-bond acceptors (Lipinski definition) is 8. The van der Waals surface area contributed by atoms with E-state index in [1.165, 1.54) is 11.1 Å². The summed E-state index contributed by atoms with van der Waals surface area (Å²) < 4.78 is 0. The Morgan fingerprint density at radius 2 is 1.18 bits per heavy atom. The SMILES string of the molecule is CCCc1nc2ccccc2c(NC(=O)CN2CCN(C(c3ccccc3)c3ccccc3)CC2)c1CC.O=C(O)C(=O)O.O=C(O)C(=O)O. The van der Waals surface area contributed by atoms with Crippen LogP contribution in [0.2, 0.25) is 0 Å². The van der Waals surface area contributed by atoms with Crippen LogP contribution in [0.3, 0.4) is 0 Å². The minimum absolute atomic E-state index is 0.0506. The van der Waals surface area contributed by atoms with E-state index in [1.54, 1.807) is 0 Å². The molecular formula is C37H42N4O9. The van der Waals surface area contributed by atoms with Crippen LogP contribution in [0.25, 0.3) is 10.9 Å². The van der Waals surface area contributed by atoms with Crippen LogP contribution in [0.4, 0.5) is 5.69 Å².